The molecule has 3 rings (SSSR count). The van der Waals surface area contributed by atoms with Gasteiger partial charge >= 0.3 is 0 Å². The second-order valence-corrected chi connectivity index (χ2v) is 6.45. The zero-order chi connectivity index (χ0) is 14.8. The Morgan fingerprint density at radius 2 is 2.05 bits per heavy atom. The summed E-state index contributed by atoms with van der Waals surface area (Å²) in [5.41, 5.74) is 2.64. The lowest BCUT2D eigenvalue weighted by Crippen LogP contribution is -2.54. The number of amides is 1. The number of benzene rings is 1. The number of piperidine rings is 1. The number of hydrogen-bond acceptors (Lipinski definition) is 3. The van der Waals surface area contributed by atoms with Gasteiger partial charge in [0.15, 0.2) is 0 Å². The molecule has 1 unspecified atom stereocenters. The molecule has 1 saturated heterocycles. The summed E-state index contributed by atoms with van der Waals surface area (Å²) in [6.07, 6.45) is 3.12. The highest BCUT2D eigenvalue weighted by Crippen LogP contribution is 2.20. The molecular weight excluding hydrogens is 262 g/mol. The van der Waals surface area contributed by atoms with Crippen molar-refractivity contribution in [3.8, 4) is 0 Å². The lowest BCUT2D eigenvalue weighted by Gasteiger charge is -2.38. The first-order valence-corrected chi connectivity index (χ1v) is 7.90. The highest BCUT2D eigenvalue weighted by atomic mass is 16.2. The third-order valence-electron chi connectivity index (χ3n) is 4.82. The maximum absolute atomic E-state index is 12.8. The molecule has 21 heavy (non-hydrogen) atoms. The summed E-state index contributed by atoms with van der Waals surface area (Å²) in [4.78, 5) is 17.1. The van der Waals surface area contributed by atoms with Gasteiger partial charge in [0.25, 0.3) is 0 Å². The van der Waals surface area contributed by atoms with Crippen molar-refractivity contribution < 1.29 is 4.79 Å². The van der Waals surface area contributed by atoms with E-state index < -0.39 is 0 Å². The SMILES string of the molecule is CN(C)C1CCCN(C(=O)[C@@H]2Cc3ccccc3CN2)C1. The number of carbonyl (C=O) groups is 1. The summed E-state index contributed by atoms with van der Waals surface area (Å²) >= 11 is 0. The van der Waals surface area contributed by atoms with Gasteiger partial charge in [0, 0.05) is 25.7 Å². The average molecular weight is 287 g/mol. The Labute approximate surface area is 127 Å². The molecule has 0 radical (unpaired) electrons. The molecule has 0 aromatic heterocycles. The Kier molecular flexibility index (Phi) is 4.27. The van der Waals surface area contributed by atoms with Crippen LogP contribution in [0.2, 0.25) is 0 Å². The van der Waals surface area contributed by atoms with Gasteiger partial charge in [-0.2, -0.15) is 0 Å². The number of carbonyl (C=O) groups excluding carboxylic acids is 1. The Morgan fingerprint density at radius 3 is 2.81 bits per heavy atom. The molecule has 2 aliphatic rings. The molecule has 2 aliphatic heterocycles. The van der Waals surface area contributed by atoms with Crippen LogP contribution in [0.25, 0.3) is 0 Å². The predicted octanol–water partition coefficient (Wildman–Crippen LogP) is 1.25. The zero-order valence-electron chi connectivity index (χ0n) is 13.0. The van der Waals surface area contributed by atoms with E-state index in [2.05, 4.69) is 53.5 Å². The molecule has 114 valence electrons. The molecule has 2 atom stereocenters. The van der Waals surface area contributed by atoms with Gasteiger partial charge in [0.1, 0.15) is 0 Å². The minimum atomic E-state index is -0.0548. The molecule has 1 aromatic rings. The fourth-order valence-electron chi connectivity index (χ4n) is 3.43. The van der Waals surface area contributed by atoms with Crippen LogP contribution in [0.4, 0.5) is 0 Å². The lowest BCUT2D eigenvalue weighted by molar-refractivity contribution is -0.135. The van der Waals surface area contributed by atoms with Gasteiger partial charge in [0.2, 0.25) is 5.91 Å². The maximum Gasteiger partial charge on any atom is 0.240 e. The molecule has 0 spiro atoms. The van der Waals surface area contributed by atoms with Crippen molar-refractivity contribution in [2.45, 2.75) is 37.9 Å². The minimum absolute atomic E-state index is 0.0548. The van der Waals surface area contributed by atoms with Gasteiger partial charge in [-0.25, -0.2) is 0 Å². The molecule has 0 saturated carbocycles. The molecular formula is C17H25N3O. The van der Waals surface area contributed by atoms with Crippen molar-refractivity contribution in [1.82, 2.24) is 15.1 Å². The monoisotopic (exact) mass is 287 g/mol. The summed E-state index contributed by atoms with van der Waals surface area (Å²) in [6, 6.07) is 8.87. The number of hydrogen-bond donors (Lipinski definition) is 1. The van der Waals surface area contributed by atoms with Crippen molar-refractivity contribution in [3.05, 3.63) is 35.4 Å². The molecule has 1 N–H and O–H groups in total. The number of fused-ring (bicyclic) bond motifs is 1. The van der Waals surface area contributed by atoms with E-state index >= 15 is 0 Å². The number of rotatable bonds is 2. The molecule has 2 heterocycles. The average Bonchev–Trinajstić information content (AvgIpc) is 2.53. The topological polar surface area (TPSA) is 35.6 Å². The van der Waals surface area contributed by atoms with Crippen LogP contribution < -0.4 is 5.32 Å². The Hall–Kier alpha value is -1.39. The quantitative estimate of drug-likeness (QED) is 0.889. The van der Waals surface area contributed by atoms with Gasteiger partial charge in [-0.15, -0.1) is 0 Å². The van der Waals surface area contributed by atoms with Crippen LogP contribution in [0, 0.1) is 0 Å². The largest absolute Gasteiger partial charge is 0.340 e. The van der Waals surface area contributed by atoms with E-state index in [0.717, 1.165) is 32.5 Å². The standard InChI is InChI=1S/C17H25N3O/c1-19(2)15-8-5-9-20(12-15)17(21)16-10-13-6-3-4-7-14(13)11-18-16/h3-4,6-7,15-16,18H,5,8-12H2,1-2H3/t15?,16-/m0/s1. The van der Waals surface area contributed by atoms with Crippen LogP contribution in [0.1, 0.15) is 24.0 Å². The summed E-state index contributed by atoms with van der Waals surface area (Å²) in [6.45, 7) is 2.58. The first-order chi connectivity index (χ1) is 10.1. The first kappa shape index (κ1) is 14.5. The predicted molar refractivity (Wildman–Crippen MR) is 84.1 cm³/mol. The van der Waals surface area contributed by atoms with E-state index in [1.54, 1.807) is 0 Å². The second-order valence-electron chi connectivity index (χ2n) is 6.45. The lowest BCUT2D eigenvalue weighted by atomic mass is 9.94. The van der Waals surface area contributed by atoms with E-state index in [1.807, 2.05) is 0 Å². The van der Waals surface area contributed by atoms with Gasteiger partial charge in [-0.3, -0.25) is 4.79 Å². The molecule has 4 nitrogen and oxygen atoms in total. The van der Waals surface area contributed by atoms with Crippen molar-refractivity contribution in [2.24, 2.45) is 0 Å². The summed E-state index contributed by atoms with van der Waals surface area (Å²) in [5, 5.41) is 3.41. The summed E-state index contributed by atoms with van der Waals surface area (Å²) in [5.74, 6) is 0.274. The van der Waals surface area contributed by atoms with Crippen LogP contribution in [-0.4, -0.2) is 55.0 Å². The van der Waals surface area contributed by atoms with Crippen LogP contribution in [0.5, 0.6) is 0 Å². The molecule has 1 amide bonds. The van der Waals surface area contributed by atoms with Crippen LogP contribution in [-0.2, 0) is 17.8 Å². The number of nitrogens with one attached hydrogen (secondary N) is 1. The van der Waals surface area contributed by atoms with E-state index in [-0.39, 0.29) is 11.9 Å². The number of nitrogens with zero attached hydrogens (tertiary/aromatic N) is 2. The minimum Gasteiger partial charge on any atom is -0.340 e. The third kappa shape index (κ3) is 3.11. The van der Waals surface area contributed by atoms with Crippen LogP contribution >= 0.6 is 0 Å². The van der Waals surface area contributed by atoms with E-state index in [4.69, 9.17) is 0 Å². The van der Waals surface area contributed by atoms with E-state index in [0.29, 0.717) is 6.04 Å². The zero-order valence-corrected chi connectivity index (χ0v) is 13.0. The number of likely N-dealkylation sites (tertiary alicyclic amines) is 1. The Morgan fingerprint density at radius 1 is 1.29 bits per heavy atom. The van der Waals surface area contributed by atoms with Gasteiger partial charge in [0.05, 0.1) is 6.04 Å². The summed E-state index contributed by atoms with van der Waals surface area (Å²) < 4.78 is 0. The molecule has 4 heteroatoms. The van der Waals surface area contributed by atoms with E-state index in [9.17, 15) is 4.79 Å². The van der Waals surface area contributed by atoms with Crippen molar-refractivity contribution >= 4 is 5.91 Å². The third-order valence-corrected chi connectivity index (χ3v) is 4.82. The Bertz CT molecular complexity index is 515. The smallest absolute Gasteiger partial charge is 0.240 e. The normalized spacial score (nSPS) is 25.8. The summed E-state index contributed by atoms with van der Waals surface area (Å²) in [7, 11) is 4.21. The molecule has 1 aromatic carbocycles. The molecule has 0 aliphatic carbocycles. The fourth-order valence-corrected chi connectivity index (χ4v) is 3.43. The first-order valence-electron chi connectivity index (χ1n) is 7.90. The highest BCUT2D eigenvalue weighted by Gasteiger charge is 2.31. The van der Waals surface area contributed by atoms with Crippen molar-refractivity contribution in [3.63, 3.8) is 0 Å². The van der Waals surface area contributed by atoms with Crippen LogP contribution in [0.15, 0.2) is 24.3 Å². The van der Waals surface area contributed by atoms with Gasteiger partial charge in [-0.1, -0.05) is 24.3 Å². The maximum atomic E-state index is 12.8. The fraction of sp³-hybridized carbons (Fsp3) is 0.588. The highest BCUT2D eigenvalue weighted by molar-refractivity contribution is 5.82. The van der Waals surface area contributed by atoms with Crippen LogP contribution in [0.3, 0.4) is 0 Å². The molecule has 0 bridgehead atoms. The second kappa shape index (κ2) is 6.16. The van der Waals surface area contributed by atoms with Gasteiger partial charge < -0.3 is 15.1 Å². The van der Waals surface area contributed by atoms with E-state index in [1.165, 1.54) is 17.5 Å². The van der Waals surface area contributed by atoms with Gasteiger partial charge in [-0.05, 0) is 44.5 Å². The van der Waals surface area contributed by atoms with Crippen molar-refractivity contribution in [1.29, 1.82) is 0 Å². The number of likely N-dealkylation sites (N-methyl/N-ethyl adjacent to an activating group) is 1. The Balaban J connectivity index is 1.66. The molecule has 1 fully saturated rings. The van der Waals surface area contributed by atoms with Crippen molar-refractivity contribution in [2.75, 3.05) is 27.2 Å².